The number of para-hydroxylation sites is 1. The van der Waals surface area contributed by atoms with Crippen molar-refractivity contribution in [2.75, 3.05) is 6.61 Å². The fourth-order valence-electron chi connectivity index (χ4n) is 2.74. The van der Waals surface area contributed by atoms with Crippen LogP contribution in [0, 0.1) is 5.82 Å². The number of hydrogen-bond donors (Lipinski definition) is 0. The third kappa shape index (κ3) is 5.41. The van der Waals surface area contributed by atoms with Crippen molar-refractivity contribution >= 4 is 15.9 Å². The van der Waals surface area contributed by atoms with Crippen LogP contribution >= 0.6 is 15.9 Å². The predicted molar refractivity (Wildman–Crippen MR) is 110 cm³/mol. The molecule has 0 unspecified atom stereocenters. The summed E-state index contributed by atoms with van der Waals surface area (Å²) in [4.78, 5) is 0. The summed E-state index contributed by atoms with van der Waals surface area (Å²) in [6.07, 6.45) is 0. The number of halogens is 2. The van der Waals surface area contributed by atoms with Crippen LogP contribution in [-0.4, -0.2) is 6.61 Å². The van der Waals surface area contributed by atoms with Crippen LogP contribution < -0.4 is 4.74 Å². The Labute approximate surface area is 168 Å². The summed E-state index contributed by atoms with van der Waals surface area (Å²) < 4.78 is 26.7. The molecule has 3 aromatic rings. The molecule has 3 aromatic carbocycles. The molecule has 27 heavy (non-hydrogen) atoms. The topological polar surface area (TPSA) is 18.5 Å². The van der Waals surface area contributed by atoms with Crippen molar-refractivity contribution in [3.63, 3.8) is 0 Å². The molecule has 3 rings (SSSR count). The van der Waals surface area contributed by atoms with E-state index in [1.165, 1.54) is 11.6 Å². The molecule has 0 aliphatic rings. The van der Waals surface area contributed by atoms with E-state index in [4.69, 9.17) is 9.47 Å². The van der Waals surface area contributed by atoms with Crippen LogP contribution in [0.2, 0.25) is 0 Å². The summed E-state index contributed by atoms with van der Waals surface area (Å²) in [5, 5.41) is 0. The Bertz CT molecular complexity index is 877. The van der Waals surface area contributed by atoms with Crippen molar-refractivity contribution in [3.8, 4) is 11.5 Å². The van der Waals surface area contributed by atoms with E-state index in [2.05, 4.69) is 41.9 Å². The smallest absolute Gasteiger partial charge is 0.165 e. The van der Waals surface area contributed by atoms with Crippen molar-refractivity contribution in [2.45, 2.75) is 25.9 Å². The molecule has 0 fully saturated rings. The van der Waals surface area contributed by atoms with Gasteiger partial charge in [0.15, 0.2) is 11.6 Å². The molecule has 0 N–H and O–H groups in total. The van der Waals surface area contributed by atoms with Crippen molar-refractivity contribution in [2.24, 2.45) is 0 Å². The second-order valence-corrected chi connectivity index (χ2v) is 7.98. The van der Waals surface area contributed by atoms with Crippen LogP contribution in [0.25, 0.3) is 0 Å². The molecule has 0 saturated carbocycles. The SMILES string of the molecule is CC(C)(COCc1ccc(F)c(Oc2ccccc2)c1)c1ccc(Br)cc1. The van der Waals surface area contributed by atoms with Gasteiger partial charge >= 0.3 is 0 Å². The molecule has 140 valence electrons. The maximum atomic E-state index is 14.1. The Morgan fingerprint density at radius 3 is 2.33 bits per heavy atom. The molecular weight excluding hydrogens is 407 g/mol. The van der Waals surface area contributed by atoms with E-state index >= 15 is 0 Å². The van der Waals surface area contributed by atoms with Gasteiger partial charge in [0.2, 0.25) is 0 Å². The number of rotatable bonds is 7. The van der Waals surface area contributed by atoms with Crippen LogP contribution in [0.5, 0.6) is 11.5 Å². The van der Waals surface area contributed by atoms with E-state index in [-0.39, 0.29) is 11.2 Å². The van der Waals surface area contributed by atoms with E-state index in [1.54, 1.807) is 24.3 Å². The number of hydrogen-bond acceptors (Lipinski definition) is 2. The third-order valence-electron chi connectivity index (χ3n) is 4.32. The first-order chi connectivity index (χ1) is 12.9. The molecular formula is C23H22BrFO2. The van der Waals surface area contributed by atoms with Gasteiger partial charge in [0, 0.05) is 9.89 Å². The predicted octanol–water partition coefficient (Wildman–Crippen LogP) is 6.87. The van der Waals surface area contributed by atoms with Gasteiger partial charge < -0.3 is 9.47 Å². The summed E-state index contributed by atoms with van der Waals surface area (Å²) in [6.45, 7) is 5.24. The van der Waals surface area contributed by atoms with Crippen molar-refractivity contribution < 1.29 is 13.9 Å². The molecule has 0 saturated heterocycles. The number of ether oxygens (including phenoxy) is 2. The minimum absolute atomic E-state index is 0.121. The van der Waals surface area contributed by atoms with E-state index in [9.17, 15) is 4.39 Å². The minimum Gasteiger partial charge on any atom is -0.454 e. The molecule has 0 aliphatic carbocycles. The van der Waals surface area contributed by atoms with Gasteiger partial charge in [-0.2, -0.15) is 0 Å². The highest BCUT2D eigenvalue weighted by molar-refractivity contribution is 9.10. The zero-order valence-corrected chi connectivity index (χ0v) is 17.0. The number of benzene rings is 3. The first-order valence-corrected chi connectivity index (χ1v) is 9.58. The molecule has 0 radical (unpaired) electrons. The normalized spacial score (nSPS) is 11.4. The second-order valence-electron chi connectivity index (χ2n) is 7.06. The highest BCUT2D eigenvalue weighted by Gasteiger charge is 2.21. The van der Waals surface area contributed by atoms with Gasteiger partial charge in [0.1, 0.15) is 5.75 Å². The van der Waals surface area contributed by atoms with Gasteiger partial charge in [-0.15, -0.1) is 0 Å². The Balaban J connectivity index is 1.62. The molecule has 0 atom stereocenters. The van der Waals surface area contributed by atoms with E-state index < -0.39 is 5.82 Å². The van der Waals surface area contributed by atoms with E-state index in [0.29, 0.717) is 19.0 Å². The lowest BCUT2D eigenvalue weighted by molar-refractivity contribution is 0.0823. The van der Waals surface area contributed by atoms with Crippen LogP contribution in [0.1, 0.15) is 25.0 Å². The van der Waals surface area contributed by atoms with Crippen LogP contribution in [0.4, 0.5) is 4.39 Å². The summed E-state index contributed by atoms with van der Waals surface area (Å²) in [5.74, 6) is 0.415. The van der Waals surface area contributed by atoms with Crippen LogP contribution in [-0.2, 0) is 16.8 Å². The molecule has 4 heteroatoms. The van der Waals surface area contributed by atoms with Gasteiger partial charge in [-0.3, -0.25) is 0 Å². The van der Waals surface area contributed by atoms with E-state index in [1.807, 2.05) is 30.3 Å². The van der Waals surface area contributed by atoms with Crippen molar-refractivity contribution in [1.29, 1.82) is 0 Å². The molecule has 0 amide bonds. The molecule has 0 aliphatic heterocycles. The maximum absolute atomic E-state index is 14.1. The standard InChI is InChI=1S/C23H22BrFO2/c1-23(2,18-9-11-19(24)12-10-18)16-26-15-17-8-13-21(25)22(14-17)27-20-6-4-3-5-7-20/h3-14H,15-16H2,1-2H3. The fourth-order valence-corrected chi connectivity index (χ4v) is 3.00. The minimum atomic E-state index is -0.391. The Morgan fingerprint density at radius 2 is 1.63 bits per heavy atom. The average Bonchev–Trinajstić information content (AvgIpc) is 2.65. The van der Waals surface area contributed by atoms with Gasteiger partial charge in [-0.25, -0.2) is 4.39 Å². The largest absolute Gasteiger partial charge is 0.454 e. The Kier molecular flexibility index (Phi) is 6.30. The molecule has 0 aromatic heterocycles. The maximum Gasteiger partial charge on any atom is 0.165 e. The van der Waals surface area contributed by atoms with Crippen molar-refractivity contribution in [1.82, 2.24) is 0 Å². The average molecular weight is 429 g/mol. The van der Waals surface area contributed by atoms with E-state index in [0.717, 1.165) is 10.0 Å². The molecule has 0 spiro atoms. The monoisotopic (exact) mass is 428 g/mol. The van der Waals surface area contributed by atoms with Crippen LogP contribution in [0.3, 0.4) is 0 Å². The summed E-state index contributed by atoms with van der Waals surface area (Å²) in [7, 11) is 0. The van der Waals surface area contributed by atoms with Gasteiger partial charge in [0.25, 0.3) is 0 Å². The lowest BCUT2D eigenvalue weighted by atomic mass is 9.86. The quantitative estimate of drug-likeness (QED) is 0.408. The second kappa shape index (κ2) is 8.68. The van der Waals surface area contributed by atoms with Crippen molar-refractivity contribution in [3.05, 3.63) is 94.2 Å². The fraction of sp³-hybridized carbons (Fsp3) is 0.217. The molecule has 0 bridgehead atoms. The van der Waals surface area contributed by atoms with Gasteiger partial charge in [-0.1, -0.05) is 66.2 Å². The lowest BCUT2D eigenvalue weighted by Crippen LogP contribution is -2.24. The van der Waals surface area contributed by atoms with Crippen LogP contribution in [0.15, 0.2) is 77.3 Å². The summed E-state index contributed by atoms with van der Waals surface area (Å²) in [5.41, 5.74) is 1.95. The molecule has 0 heterocycles. The zero-order valence-electron chi connectivity index (χ0n) is 15.4. The zero-order chi connectivity index (χ0) is 19.3. The molecule has 2 nitrogen and oxygen atoms in total. The third-order valence-corrected chi connectivity index (χ3v) is 4.85. The first-order valence-electron chi connectivity index (χ1n) is 8.79. The summed E-state index contributed by atoms with van der Waals surface area (Å²) in [6, 6.07) is 22.3. The van der Waals surface area contributed by atoms with Gasteiger partial charge in [-0.05, 0) is 47.5 Å². The Morgan fingerprint density at radius 1 is 0.926 bits per heavy atom. The highest BCUT2D eigenvalue weighted by atomic mass is 79.9. The lowest BCUT2D eigenvalue weighted by Gasteiger charge is -2.25. The Hall–Kier alpha value is -2.17. The highest BCUT2D eigenvalue weighted by Crippen LogP contribution is 2.27. The first kappa shape index (κ1) is 19.6. The summed E-state index contributed by atoms with van der Waals surface area (Å²) >= 11 is 3.46. The van der Waals surface area contributed by atoms with Gasteiger partial charge in [0.05, 0.1) is 13.2 Å².